The van der Waals surface area contributed by atoms with Crippen LogP contribution in [0.2, 0.25) is 0 Å². The highest BCUT2D eigenvalue weighted by Crippen LogP contribution is 2.29. The largest absolute Gasteiger partial charge is 0.508 e. The third-order valence-corrected chi connectivity index (χ3v) is 3.71. The SMILES string of the molecule is CC(N)CC(=O)N1CCC(c2ccc(O)cc2)CC1. The molecule has 1 aromatic rings. The van der Waals surface area contributed by atoms with Crippen molar-refractivity contribution in [2.24, 2.45) is 5.73 Å². The van der Waals surface area contributed by atoms with E-state index >= 15 is 0 Å². The summed E-state index contributed by atoms with van der Waals surface area (Å²) in [5.41, 5.74) is 6.91. The minimum atomic E-state index is -0.0673. The van der Waals surface area contributed by atoms with Crippen LogP contribution in [0.5, 0.6) is 5.75 Å². The normalized spacial score (nSPS) is 18.3. The number of carbonyl (C=O) groups is 1. The van der Waals surface area contributed by atoms with E-state index in [0.717, 1.165) is 25.9 Å². The lowest BCUT2D eigenvalue weighted by Crippen LogP contribution is -2.40. The molecular formula is C15H22N2O2. The quantitative estimate of drug-likeness (QED) is 0.873. The number of hydrogen-bond acceptors (Lipinski definition) is 3. The number of phenolic OH excluding ortho intramolecular Hbond substituents is 1. The van der Waals surface area contributed by atoms with Gasteiger partial charge in [0, 0.05) is 25.6 Å². The molecule has 0 saturated carbocycles. The van der Waals surface area contributed by atoms with Gasteiger partial charge in [0.25, 0.3) is 0 Å². The molecular weight excluding hydrogens is 240 g/mol. The zero-order chi connectivity index (χ0) is 13.8. The third-order valence-electron chi connectivity index (χ3n) is 3.71. The van der Waals surface area contributed by atoms with E-state index in [9.17, 15) is 9.90 Å². The topological polar surface area (TPSA) is 66.6 Å². The number of likely N-dealkylation sites (tertiary alicyclic amines) is 1. The van der Waals surface area contributed by atoms with Crippen molar-refractivity contribution in [2.45, 2.75) is 38.1 Å². The number of piperidine rings is 1. The van der Waals surface area contributed by atoms with Crippen molar-refractivity contribution in [3.05, 3.63) is 29.8 Å². The minimum Gasteiger partial charge on any atom is -0.508 e. The average Bonchev–Trinajstić information content (AvgIpc) is 2.39. The maximum Gasteiger partial charge on any atom is 0.224 e. The number of amides is 1. The zero-order valence-electron chi connectivity index (χ0n) is 11.4. The van der Waals surface area contributed by atoms with E-state index in [-0.39, 0.29) is 11.9 Å². The number of carbonyl (C=O) groups excluding carboxylic acids is 1. The van der Waals surface area contributed by atoms with E-state index in [1.807, 2.05) is 24.0 Å². The van der Waals surface area contributed by atoms with Crippen molar-refractivity contribution in [3.63, 3.8) is 0 Å². The van der Waals surface area contributed by atoms with E-state index in [1.54, 1.807) is 12.1 Å². The highest BCUT2D eigenvalue weighted by Gasteiger charge is 2.23. The van der Waals surface area contributed by atoms with Gasteiger partial charge in [0.05, 0.1) is 0 Å². The second kappa shape index (κ2) is 6.06. The van der Waals surface area contributed by atoms with Crippen molar-refractivity contribution in [1.29, 1.82) is 0 Å². The van der Waals surface area contributed by atoms with Gasteiger partial charge in [0.1, 0.15) is 5.75 Å². The fourth-order valence-corrected chi connectivity index (χ4v) is 2.61. The Morgan fingerprint density at radius 3 is 2.47 bits per heavy atom. The molecule has 0 radical (unpaired) electrons. The lowest BCUT2D eigenvalue weighted by molar-refractivity contribution is -0.132. The van der Waals surface area contributed by atoms with Gasteiger partial charge >= 0.3 is 0 Å². The van der Waals surface area contributed by atoms with Crippen LogP contribution >= 0.6 is 0 Å². The molecule has 0 spiro atoms. The molecule has 19 heavy (non-hydrogen) atoms. The first kappa shape index (κ1) is 13.9. The summed E-state index contributed by atoms with van der Waals surface area (Å²) in [6.07, 6.45) is 2.40. The summed E-state index contributed by atoms with van der Waals surface area (Å²) in [5, 5.41) is 9.29. The molecule has 1 aliphatic heterocycles. The first-order valence-corrected chi connectivity index (χ1v) is 6.88. The molecule has 0 aliphatic carbocycles. The van der Waals surface area contributed by atoms with Crippen LogP contribution in [0.15, 0.2) is 24.3 Å². The molecule has 2 rings (SSSR count). The molecule has 1 atom stereocenters. The van der Waals surface area contributed by atoms with Crippen LogP contribution in [-0.2, 0) is 4.79 Å². The fraction of sp³-hybridized carbons (Fsp3) is 0.533. The molecule has 0 aromatic heterocycles. The molecule has 1 amide bonds. The van der Waals surface area contributed by atoms with Gasteiger partial charge in [-0.25, -0.2) is 0 Å². The highest BCUT2D eigenvalue weighted by atomic mass is 16.3. The summed E-state index contributed by atoms with van der Waals surface area (Å²) in [5.74, 6) is 0.951. The Hall–Kier alpha value is -1.55. The van der Waals surface area contributed by atoms with Crippen molar-refractivity contribution in [3.8, 4) is 5.75 Å². The van der Waals surface area contributed by atoms with Gasteiger partial charge in [-0.15, -0.1) is 0 Å². The summed E-state index contributed by atoms with van der Waals surface area (Å²) >= 11 is 0. The molecule has 3 N–H and O–H groups in total. The van der Waals surface area contributed by atoms with Crippen LogP contribution in [0.1, 0.15) is 37.7 Å². The third kappa shape index (κ3) is 3.70. The summed E-state index contributed by atoms with van der Waals surface area (Å²) < 4.78 is 0. The first-order chi connectivity index (χ1) is 9.06. The van der Waals surface area contributed by atoms with E-state index in [1.165, 1.54) is 5.56 Å². The number of phenols is 1. The van der Waals surface area contributed by atoms with E-state index < -0.39 is 0 Å². The Bertz CT molecular complexity index is 420. The second-order valence-electron chi connectivity index (χ2n) is 5.43. The Balaban J connectivity index is 1.88. The maximum atomic E-state index is 11.9. The Kier molecular flexibility index (Phi) is 4.43. The summed E-state index contributed by atoms with van der Waals surface area (Å²) in [7, 11) is 0. The smallest absolute Gasteiger partial charge is 0.224 e. The van der Waals surface area contributed by atoms with Crippen LogP contribution < -0.4 is 5.73 Å². The van der Waals surface area contributed by atoms with Crippen LogP contribution in [0.3, 0.4) is 0 Å². The first-order valence-electron chi connectivity index (χ1n) is 6.88. The molecule has 1 aliphatic rings. The molecule has 1 heterocycles. The van der Waals surface area contributed by atoms with Crippen molar-refractivity contribution >= 4 is 5.91 Å². The summed E-state index contributed by atoms with van der Waals surface area (Å²) in [6, 6.07) is 7.33. The standard InChI is InChI=1S/C15H22N2O2/c1-11(16)10-15(19)17-8-6-13(7-9-17)12-2-4-14(18)5-3-12/h2-5,11,13,18H,6-10,16H2,1H3. The van der Waals surface area contributed by atoms with Crippen LogP contribution in [0, 0.1) is 0 Å². The lowest BCUT2D eigenvalue weighted by atomic mass is 9.89. The van der Waals surface area contributed by atoms with Gasteiger partial charge in [0.2, 0.25) is 5.91 Å². The summed E-state index contributed by atoms with van der Waals surface area (Å²) in [6.45, 7) is 3.47. The molecule has 4 heteroatoms. The van der Waals surface area contributed by atoms with Gasteiger partial charge in [-0.3, -0.25) is 4.79 Å². The van der Waals surface area contributed by atoms with Crippen molar-refractivity contribution in [1.82, 2.24) is 4.90 Å². The van der Waals surface area contributed by atoms with Crippen LogP contribution in [0.25, 0.3) is 0 Å². The minimum absolute atomic E-state index is 0.0673. The number of nitrogens with two attached hydrogens (primary N) is 1. The zero-order valence-corrected chi connectivity index (χ0v) is 11.4. The number of hydrogen-bond donors (Lipinski definition) is 2. The number of nitrogens with zero attached hydrogens (tertiary/aromatic N) is 1. The molecule has 1 fully saturated rings. The Morgan fingerprint density at radius 2 is 1.95 bits per heavy atom. The van der Waals surface area contributed by atoms with Gasteiger partial charge in [-0.2, -0.15) is 0 Å². The monoisotopic (exact) mass is 262 g/mol. The molecule has 0 bridgehead atoms. The highest BCUT2D eigenvalue weighted by molar-refractivity contribution is 5.76. The van der Waals surface area contributed by atoms with Gasteiger partial charge in [-0.1, -0.05) is 12.1 Å². The van der Waals surface area contributed by atoms with Gasteiger partial charge in [-0.05, 0) is 43.4 Å². The van der Waals surface area contributed by atoms with E-state index in [0.29, 0.717) is 18.1 Å². The molecule has 1 saturated heterocycles. The predicted octanol–water partition coefficient (Wildman–Crippen LogP) is 1.84. The molecule has 1 unspecified atom stereocenters. The molecule has 1 aromatic carbocycles. The van der Waals surface area contributed by atoms with E-state index in [4.69, 9.17) is 5.73 Å². The van der Waals surface area contributed by atoms with Gasteiger partial charge < -0.3 is 15.7 Å². The lowest BCUT2D eigenvalue weighted by Gasteiger charge is -2.32. The predicted molar refractivity (Wildman–Crippen MR) is 74.9 cm³/mol. The molecule has 104 valence electrons. The van der Waals surface area contributed by atoms with Crippen LogP contribution in [0.4, 0.5) is 0 Å². The number of benzene rings is 1. The fourth-order valence-electron chi connectivity index (χ4n) is 2.61. The second-order valence-corrected chi connectivity index (χ2v) is 5.43. The van der Waals surface area contributed by atoms with Gasteiger partial charge in [0.15, 0.2) is 0 Å². The maximum absolute atomic E-state index is 11.9. The Labute approximate surface area is 114 Å². The molecule has 4 nitrogen and oxygen atoms in total. The van der Waals surface area contributed by atoms with E-state index in [2.05, 4.69) is 0 Å². The number of rotatable bonds is 3. The number of aromatic hydroxyl groups is 1. The average molecular weight is 262 g/mol. The Morgan fingerprint density at radius 1 is 1.37 bits per heavy atom. The van der Waals surface area contributed by atoms with Crippen molar-refractivity contribution in [2.75, 3.05) is 13.1 Å². The van der Waals surface area contributed by atoms with Crippen LogP contribution in [-0.4, -0.2) is 35.0 Å². The summed E-state index contributed by atoms with van der Waals surface area (Å²) in [4.78, 5) is 13.8. The van der Waals surface area contributed by atoms with Crippen molar-refractivity contribution < 1.29 is 9.90 Å².